The van der Waals surface area contributed by atoms with Crippen LogP contribution in [0, 0.1) is 0 Å². The topological polar surface area (TPSA) is 46.4 Å². The largest absolute Gasteiger partial charge is 0.471 e. The summed E-state index contributed by atoms with van der Waals surface area (Å²) in [5, 5.41) is 1.68. The van der Waals surface area contributed by atoms with Crippen LogP contribution in [0.3, 0.4) is 0 Å². The zero-order chi connectivity index (χ0) is 12.6. The summed E-state index contributed by atoms with van der Waals surface area (Å²) in [5.74, 6) is -2.19. The summed E-state index contributed by atoms with van der Waals surface area (Å²) >= 11 is 3.20. The molecule has 4 nitrogen and oxygen atoms in total. The number of alkyl halides is 3. The second-order valence-corrected chi connectivity index (χ2v) is 4.10. The first-order chi connectivity index (χ1) is 7.86. The summed E-state index contributed by atoms with van der Waals surface area (Å²) < 4.78 is 38.2. The number of carbonyl (C=O) groups excluding carboxylic acids is 1. The number of halogens is 4. The Kier molecular flexibility index (Phi) is 2.82. The molecule has 0 unspecified atom stereocenters. The van der Waals surface area contributed by atoms with Gasteiger partial charge in [0.05, 0.1) is 6.20 Å². The summed E-state index contributed by atoms with van der Waals surface area (Å²) in [5.41, 5.74) is 0.428. The Morgan fingerprint density at radius 1 is 1.47 bits per heavy atom. The van der Waals surface area contributed by atoms with Crippen molar-refractivity contribution in [2.75, 3.05) is 5.32 Å². The molecule has 0 aliphatic heterocycles. The molecular formula is C9H5BrF3N3O. The first-order valence-corrected chi connectivity index (χ1v) is 5.18. The molecule has 0 radical (unpaired) electrons. The fourth-order valence-corrected chi connectivity index (χ4v) is 1.53. The van der Waals surface area contributed by atoms with Gasteiger partial charge in [-0.2, -0.15) is 13.2 Å². The first kappa shape index (κ1) is 11.9. The van der Waals surface area contributed by atoms with Crippen LogP contribution in [0.4, 0.5) is 19.0 Å². The third-order valence-electron chi connectivity index (χ3n) is 1.92. The van der Waals surface area contributed by atoms with E-state index < -0.39 is 12.1 Å². The number of carbonyl (C=O) groups is 1. The molecule has 17 heavy (non-hydrogen) atoms. The van der Waals surface area contributed by atoms with Crippen LogP contribution >= 0.6 is 15.9 Å². The van der Waals surface area contributed by atoms with Crippen LogP contribution in [0.25, 0.3) is 5.65 Å². The average Bonchev–Trinajstić information content (AvgIpc) is 2.57. The fraction of sp³-hybridized carbons (Fsp3) is 0.111. The average molecular weight is 308 g/mol. The van der Waals surface area contributed by atoms with Crippen molar-refractivity contribution in [3.63, 3.8) is 0 Å². The highest BCUT2D eigenvalue weighted by atomic mass is 79.9. The van der Waals surface area contributed by atoms with Gasteiger partial charge in [-0.15, -0.1) is 0 Å². The number of hydrogen-bond donors (Lipinski definition) is 1. The summed E-state index contributed by atoms with van der Waals surface area (Å²) in [6.45, 7) is 0. The van der Waals surface area contributed by atoms with Crippen LogP contribution in [-0.4, -0.2) is 21.5 Å². The number of rotatable bonds is 1. The van der Waals surface area contributed by atoms with E-state index in [1.165, 1.54) is 10.6 Å². The van der Waals surface area contributed by atoms with E-state index in [-0.39, 0.29) is 5.82 Å². The van der Waals surface area contributed by atoms with E-state index >= 15 is 0 Å². The maximum atomic E-state index is 12.0. The molecule has 0 fully saturated rings. The number of pyridine rings is 1. The van der Waals surface area contributed by atoms with Crippen molar-refractivity contribution in [2.45, 2.75) is 6.18 Å². The third-order valence-corrected chi connectivity index (χ3v) is 2.41. The van der Waals surface area contributed by atoms with Gasteiger partial charge in [0.25, 0.3) is 0 Å². The number of imidazole rings is 1. The number of anilines is 1. The molecule has 2 aromatic rings. The van der Waals surface area contributed by atoms with Gasteiger partial charge in [0.2, 0.25) is 0 Å². The van der Waals surface area contributed by atoms with Crippen molar-refractivity contribution in [3.8, 4) is 0 Å². The standard InChI is InChI=1S/C9H5BrF3N3O/c10-5-1-2-16-4-6(14-7(16)3-5)15-8(17)9(11,12)13/h1-4H,(H,15,17). The lowest BCUT2D eigenvalue weighted by molar-refractivity contribution is -0.167. The minimum absolute atomic E-state index is 0.148. The lowest BCUT2D eigenvalue weighted by atomic mass is 10.5. The van der Waals surface area contributed by atoms with Crippen molar-refractivity contribution in [2.24, 2.45) is 0 Å². The number of nitrogens with one attached hydrogen (secondary N) is 1. The Morgan fingerprint density at radius 3 is 2.82 bits per heavy atom. The molecule has 1 N–H and O–H groups in total. The van der Waals surface area contributed by atoms with Gasteiger partial charge in [-0.1, -0.05) is 15.9 Å². The first-order valence-electron chi connectivity index (χ1n) is 4.39. The van der Waals surface area contributed by atoms with E-state index in [0.29, 0.717) is 5.65 Å². The molecule has 90 valence electrons. The lowest BCUT2D eigenvalue weighted by Crippen LogP contribution is -2.30. The van der Waals surface area contributed by atoms with Gasteiger partial charge < -0.3 is 9.72 Å². The van der Waals surface area contributed by atoms with Gasteiger partial charge in [0.15, 0.2) is 5.82 Å². The van der Waals surface area contributed by atoms with Gasteiger partial charge in [-0.05, 0) is 12.1 Å². The van der Waals surface area contributed by atoms with Gasteiger partial charge in [-0.3, -0.25) is 4.79 Å². The fourth-order valence-electron chi connectivity index (χ4n) is 1.20. The third kappa shape index (κ3) is 2.57. The molecule has 0 saturated heterocycles. The molecule has 0 aromatic carbocycles. The predicted molar refractivity (Wildman–Crippen MR) is 57.6 cm³/mol. The van der Waals surface area contributed by atoms with Crippen molar-refractivity contribution in [1.29, 1.82) is 0 Å². The second kappa shape index (κ2) is 4.02. The van der Waals surface area contributed by atoms with Crippen molar-refractivity contribution in [1.82, 2.24) is 9.38 Å². The molecule has 0 aliphatic carbocycles. The summed E-state index contributed by atoms with van der Waals surface area (Å²) in [4.78, 5) is 14.5. The minimum atomic E-state index is -4.92. The summed E-state index contributed by atoms with van der Waals surface area (Å²) in [6.07, 6.45) is -2.02. The Bertz CT molecular complexity index is 578. The van der Waals surface area contributed by atoms with E-state index in [1.807, 2.05) is 0 Å². The van der Waals surface area contributed by atoms with Crippen molar-refractivity contribution in [3.05, 3.63) is 29.0 Å². The number of aromatic nitrogens is 2. The molecule has 0 atom stereocenters. The maximum Gasteiger partial charge on any atom is 0.471 e. The molecule has 2 heterocycles. The molecular weight excluding hydrogens is 303 g/mol. The van der Waals surface area contributed by atoms with E-state index in [9.17, 15) is 18.0 Å². The van der Waals surface area contributed by atoms with Gasteiger partial charge in [-0.25, -0.2) is 4.98 Å². The zero-order valence-electron chi connectivity index (χ0n) is 8.12. The quantitative estimate of drug-likeness (QED) is 0.880. The Hall–Kier alpha value is -1.57. The highest BCUT2D eigenvalue weighted by molar-refractivity contribution is 9.10. The maximum absolute atomic E-state index is 12.0. The van der Waals surface area contributed by atoms with Gasteiger partial charge in [0.1, 0.15) is 5.65 Å². The Morgan fingerprint density at radius 2 is 2.18 bits per heavy atom. The zero-order valence-corrected chi connectivity index (χ0v) is 9.71. The molecule has 2 rings (SSSR count). The van der Waals surface area contributed by atoms with Crippen LogP contribution in [0.15, 0.2) is 29.0 Å². The summed E-state index contributed by atoms with van der Waals surface area (Å²) in [7, 11) is 0. The molecule has 1 amide bonds. The van der Waals surface area contributed by atoms with Crippen LogP contribution in [0.5, 0.6) is 0 Å². The van der Waals surface area contributed by atoms with Crippen molar-refractivity contribution >= 4 is 33.3 Å². The molecule has 8 heteroatoms. The highest BCUT2D eigenvalue weighted by Crippen LogP contribution is 2.19. The van der Waals surface area contributed by atoms with Crippen LogP contribution in [-0.2, 0) is 4.79 Å². The van der Waals surface area contributed by atoms with Gasteiger partial charge >= 0.3 is 12.1 Å². The van der Waals surface area contributed by atoms with Gasteiger partial charge in [0, 0.05) is 10.7 Å². The van der Waals surface area contributed by atoms with Crippen LogP contribution < -0.4 is 5.32 Å². The smallest absolute Gasteiger partial charge is 0.305 e. The van der Waals surface area contributed by atoms with Crippen molar-refractivity contribution < 1.29 is 18.0 Å². The lowest BCUT2D eigenvalue weighted by Gasteiger charge is -2.04. The molecule has 0 aliphatic rings. The summed E-state index contributed by atoms with van der Waals surface area (Å²) in [6, 6.07) is 3.31. The number of nitrogens with zero attached hydrogens (tertiary/aromatic N) is 2. The van der Waals surface area contributed by atoms with E-state index in [0.717, 1.165) is 4.47 Å². The number of amides is 1. The normalized spacial score (nSPS) is 11.8. The second-order valence-electron chi connectivity index (χ2n) is 3.19. The Balaban J connectivity index is 2.29. The van der Waals surface area contributed by atoms with Crippen LogP contribution in [0.1, 0.15) is 0 Å². The predicted octanol–water partition coefficient (Wildman–Crippen LogP) is 2.60. The molecule has 0 spiro atoms. The van der Waals surface area contributed by atoms with E-state index in [2.05, 4.69) is 20.9 Å². The number of hydrogen-bond acceptors (Lipinski definition) is 2. The van der Waals surface area contributed by atoms with E-state index in [4.69, 9.17) is 0 Å². The molecule has 0 saturated carbocycles. The monoisotopic (exact) mass is 307 g/mol. The number of fused-ring (bicyclic) bond motifs is 1. The highest BCUT2D eigenvalue weighted by Gasteiger charge is 2.39. The van der Waals surface area contributed by atoms with E-state index in [1.54, 1.807) is 23.6 Å². The molecule has 2 aromatic heterocycles. The SMILES string of the molecule is O=C(Nc1cn2ccc(Br)cc2n1)C(F)(F)F. The minimum Gasteiger partial charge on any atom is -0.305 e. The Labute approximate surface area is 102 Å². The van der Waals surface area contributed by atoms with Crippen LogP contribution in [0.2, 0.25) is 0 Å². The molecule has 0 bridgehead atoms.